The Morgan fingerprint density at radius 2 is 2.05 bits per heavy atom. The molecule has 3 rings (SSSR count). The lowest BCUT2D eigenvalue weighted by molar-refractivity contribution is 0.796. The third-order valence-electron chi connectivity index (χ3n) is 3.29. The van der Waals surface area contributed by atoms with E-state index < -0.39 is 0 Å². The summed E-state index contributed by atoms with van der Waals surface area (Å²) in [5.41, 5.74) is 9.39. The number of hydrogen-bond donors (Lipinski definition) is 1. The summed E-state index contributed by atoms with van der Waals surface area (Å²) in [4.78, 5) is 4.72. The molecule has 2 aromatic carbocycles. The predicted molar refractivity (Wildman–Crippen MR) is 88.0 cm³/mol. The minimum absolute atomic E-state index is 0.554. The molecule has 20 heavy (non-hydrogen) atoms. The Balaban J connectivity index is 2.26. The van der Waals surface area contributed by atoms with Gasteiger partial charge in [0.05, 0.1) is 21.7 Å². The van der Waals surface area contributed by atoms with Gasteiger partial charge >= 0.3 is 0 Å². The third kappa shape index (κ3) is 2.19. The number of nitrogens with zero attached hydrogens (tertiary/aromatic N) is 2. The van der Waals surface area contributed by atoms with Crippen LogP contribution in [0.3, 0.4) is 0 Å². The van der Waals surface area contributed by atoms with Crippen molar-refractivity contribution in [2.75, 3.05) is 5.73 Å². The highest BCUT2D eigenvalue weighted by molar-refractivity contribution is 9.10. The van der Waals surface area contributed by atoms with Crippen LogP contribution in [-0.4, -0.2) is 9.55 Å². The summed E-state index contributed by atoms with van der Waals surface area (Å²) in [7, 11) is 0. The molecule has 0 aliphatic rings. The van der Waals surface area contributed by atoms with Crippen LogP contribution in [0.2, 0.25) is 5.02 Å². The second-order valence-electron chi connectivity index (χ2n) is 4.55. The van der Waals surface area contributed by atoms with Crippen LogP contribution in [0.4, 0.5) is 5.69 Å². The molecule has 0 fully saturated rings. The fourth-order valence-corrected chi connectivity index (χ4v) is 2.84. The van der Waals surface area contributed by atoms with Crippen molar-refractivity contribution in [3.63, 3.8) is 0 Å². The number of imidazole rings is 1. The lowest BCUT2D eigenvalue weighted by Crippen LogP contribution is -1.97. The molecule has 3 aromatic rings. The van der Waals surface area contributed by atoms with E-state index in [4.69, 9.17) is 22.3 Å². The van der Waals surface area contributed by atoms with Crippen LogP contribution in [0.5, 0.6) is 0 Å². The second kappa shape index (κ2) is 5.11. The van der Waals surface area contributed by atoms with Crippen LogP contribution in [0.25, 0.3) is 22.4 Å². The van der Waals surface area contributed by atoms with Crippen molar-refractivity contribution in [3.8, 4) is 11.4 Å². The van der Waals surface area contributed by atoms with Crippen LogP contribution >= 0.6 is 27.5 Å². The smallest absolute Gasteiger partial charge is 0.141 e. The van der Waals surface area contributed by atoms with Gasteiger partial charge in [0.1, 0.15) is 5.82 Å². The standard InChI is InChI=1S/C15H13BrClN3/c1-2-20-14-6-4-10(16)8-13(14)19-15(20)9-3-5-12(18)11(17)7-9/h3-8H,2,18H2,1H3. The van der Waals surface area contributed by atoms with Crippen molar-refractivity contribution >= 4 is 44.3 Å². The maximum atomic E-state index is 6.11. The number of anilines is 1. The maximum absolute atomic E-state index is 6.11. The van der Waals surface area contributed by atoms with E-state index in [1.807, 2.05) is 30.3 Å². The first kappa shape index (κ1) is 13.5. The van der Waals surface area contributed by atoms with Gasteiger partial charge in [-0.1, -0.05) is 27.5 Å². The average Bonchev–Trinajstić information content (AvgIpc) is 2.79. The van der Waals surface area contributed by atoms with Crippen LogP contribution in [0.15, 0.2) is 40.9 Å². The highest BCUT2D eigenvalue weighted by Gasteiger charge is 2.12. The van der Waals surface area contributed by atoms with Crippen LogP contribution < -0.4 is 5.73 Å². The third-order valence-corrected chi connectivity index (χ3v) is 4.11. The fourth-order valence-electron chi connectivity index (χ4n) is 2.31. The summed E-state index contributed by atoms with van der Waals surface area (Å²) in [5, 5.41) is 0.554. The van der Waals surface area contributed by atoms with Crippen molar-refractivity contribution in [3.05, 3.63) is 45.9 Å². The van der Waals surface area contributed by atoms with E-state index in [1.54, 1.807) is 0 Å². The summed E-state index contributed by atoms with van der Waals surface area (Å²) in [6.45, 7) is 2.95. The van der Waals surface area contributed by atoms with Crippen molar-refractivity contribution in [2.24, 2.45) is 0 Å². The van der Waals surface area contributed by atoms with E-state index in [1.165, 1.54) is 0 Å². The molecule has 5 heteroatoms. The maximum Gasteiger partial charge on any atom is 0.141 e. The van der Waals surface area contributed by atoms with Gasteiger partial charge in [0.15, 0.2) is 0 Å². The van der Waals surface area contributed by atoms with E-state index in [2.05, 4.69) is 33.5 Å². The van der Waals surface area contributed by atoms with E-state index in [0.29, 0.717) is 10.7 Å². The SMILES string of the molecule is CCn1c(-c2ccc(N)c(Cl)c2)nc2cc(Br)ccc21. The number of halogens is 2. The molecule has 0 aliphatic heterocycles. The molecule has 0 bridgehead atoms. The number of benzene rings is 2. The van der Waals surface area contributed by atoms with Crippen molar-refractivity contribution in [1.29, 1.82) is 0 Å². The zero-order valence-corrected chi connectivity index (χ0v) is 13.2. The van der Waals surface area contributed by atoms with E-state index in [9.17, 15) is 0 Å². The lowest BCUT2D eigenvalue weighted by Gasteiger charge is -2.07. The zero-order valence-electron chi connectivity index (χ0n) is 10.9. The number of nitrogens with two attached hydrogens (primary N) is 1. The summed E-state index contributed by atoms with van der Waals surface area (Å²) in [6.07, 6.45) is 0. The van der Waals surface area contributed by atoms with Crippen molar-refractivity contribution < 1.29 is 0 Å². The zero-order chi connectivity index (χ0) is 14.3. The quantitative estimate of drug-likeness (QED) is 0.680. The summed E-state index contributed by atoms with van der Waals surface area (Å²) < 4.78 is 3.19. The Kier molecular flexibility index (Phi) is 3.44. The van der Waals surface area contributed by atoms with Gasteiger partial charge in [-0.15, -0.1) is 0 Å². The first-order chi connectivity index (χ1) is 9.60. The number of rotatable bonds is 2. The molecule has 0 amide bonds. The molecule has 1 aromatic heterocycles. The molecule has 0 aliphatic carbocycles. The van der Waals surface area contributed by atoms with E-state index in [-0.39, 0.29) is 0 Å². The van der Waals surface area contributed by atoms with Gasteiger partial charge < -0.3 is 10.3 Å². The van der Waals surface area contributed by atoms with Gasteiger partial charge in [-0.25, -0.2) is 4.98 Å². The van der Waals surface area contributed by atoms with Crippen LogP contribution in [-0.2, 0) is 6.54 Å². The molecule has 102 valence electrons. The minimum Gasteiger partial charge on any atom is -0.398 e. The summed E-state index contributed by atoms with van der Waals surface area (Å²) in [5.74, 6) is 0.905. The molecular formula is C15H13BrClN3. The number of aromatic nitrogens is 2. The number of nitrogen functional groups attached to an aromatic ring is 1. The molecular weight excluding hydrogens is 338 g/mol. The van der Waals surface area contributed by atoms with Crippen LogP contribution in [0.1, 0.15) is 6.92 Å². The molecule has 0 spiro atoms. The highest BCUT2D eigenvalue weighted by atomic mass is 79.9. The largest absolute Gasteiger partial charge is 0.398 e. The summed E-state index contributed by atoms with van der Waals surface area (Å²) >= 11 is 9.59. The van der Waals surface area contributed by atoms with Gasteiger partial charge in [-0.05, 0) is 43.3 Å². The minimum atomic E-state index is 0.554. The molecule has 0 radical (unpaired) electrons. The topological polar surface area (TPSA) is 43.8 Å². The molecule has 1 heterocycles. The Labute approximate surface area is 130 Å². The highest BCUT2D eigenvalue weighted by Crippen LogP contribution is 2.30. The normalized spacial score (nSPS) is 11.2. The molecule has 2 N–H and O–H groups in total. The van der Waals surface area contributed by atoms with E-state index in [0.717, 1.165) is 33.4 Å². The molecule has 0 unspecified atom stereocenters. The van der Waals surface area contributed by atoms with Crippen LogP contribution in [0, 0.1) is 0 Å². The lowest BCUT2D eigenvalue weighted by atomic mass is 10.2. The van der Waals surface area contributed by atoms with Crippen molar-refractivity contribution in [2.45, 2.75) is 13.5 Å². The first-order valence-corrected chi connectivity index (χ1v) is 7.48. The molecule has 0 atom stereocenters. The first-order valence-electron chi connectivity index (χ1n) is 6.31. The molecule has 0 saturated heterocycles. The second-order valence-corrected chi connectivity index (χ2v) is 5.87. The number of hydrogen-bond acceptors (Lipinski definition) is 2. The monoisotopic (exact) mass is 349 g/mol. The number of aryl methyl sites for hydroxylation is 1. The van der Waals surface area contributed by atoms with Gasteiger partial charge in [-0.3, -0.25) is 0 Å². The summed E-state index contributed by atoms with van der Waals surface area (Å²) in [6, 6.07) is 11.7. The fraction of sp³-hybridized carbons (Fsp3) is 0.133. The molecule has 3 nitrogen and oxygen atoms in total. The van der Waals surface area contributed by atoms with Gasteiger partial charge in [0.25, 0.3) is 0 Å². The number of fused-ring (bicyclic) bond motifs is 1. The van der Waals surface area contributed by atoms with Gasteiger partial charge in [-0.2, -0.15) is 0 Å². The average molecular weight is 351 g/mol. The Morgan fingerprint density at radius 3 is 2.75 bits per heavy atom. The Morgan fingerprint density at radius 1 is 1.25 bits per heavy atom. The van der Waals surface area contributed by atoms with Gasteiger partial charge in [0.2, 0.25) is 0 Å². The van der Waals surface area contributed by atoms with E-state index >= 15 is 0 Å². The Hall–Kier alpha value is -1.52. The predicted octanol–water partition coefficient (Wildman–Crippen LogP) is 4.72. The Bertz CT molecular complexity index is 795. The van der Waals surface area contributed by atoms with Crippen molar-refractivity contribution in [1.82, 2.24) is 9.55 Å². The van der Waals surface area contributed by atoms with Gasteiger partial charge in [0, 0.05) is 16.6 Å². The molecule has 0 saturated carbocycles.